The second kappa shape index (κ2) is 4.85. The summed E-state index contributed by atoms with van der Waals surface area (Å²) in [4.78, 5) is 13.3. The normalized spacial score (nSPS) is 12.7. The first-order valence-electron chi connectivity index (χ1n) is 6.80. The molecule has 0 aliphatic rings. The first-order chi connectivity index (χ1) is 9.10. The largest absolute Gasteiger partial charge is 0.288 e. The minimum atomic E-state index is -0.122. The van der Waals surface area contributed by atoms with Crippen LogP contribution in [0.25, 0.3) is 0 Å². The SMILES string of the molecule is CC(C)(C)c1cc(C(C)(C)C)n(C(=O)c2cccs2)n1. The van der Waals surface area contributed by atoms with Gasteiger partial charge in [-0.2, -0.15) is 9.78 Å². The molecule has 2 aromatic rings. The molecule has 2 aromatic heterocycles. The first-order valence-corrected chi connectivity index (χ1v) is 7.68. The van der Waals surface area contributed by atoms with E-state index in [0.29, 0.717) is 0 Å². The molecule has 108 valence electrons. The van der Waals surface area contributed by atoms with Crippen LogP contribution in [-0.2, 0) is 10.8 Å². The van der Waals surface area contributed by atoms with Crippen LogP contribution in [0.5, 0.6) is 0 Å². The zero-order valence-electron chi connectivity index (χ0n) is 13.0. The second-order valence-electron chi connectivity index (χ2n) is 7.11. The van der Waals surface area contributed by atoms with Crippen LogP contribution in [0.3, 0.4) is 0 Å². The van der Waals surface area contributed by atoms with Crippen LogP contribution in [0.1, 0.15) is 62.6 Å². The molecule has 0 aliphatic heterocycles. The van der Waals surface area contributed by atoms with Crippen molar-refractivity contribution < 1.29 is 4.79 Å². The van der Waals surface area contributed by atoms with Gasteiger partial charge in [0.2, 0.25) is 0 Å². The van der Waals surface area contributed by atoms with E-state index in [1.807, 2.05) is 17.5 Å². The molecule has 2 rings (SSSR count). The molecule has 0 N–H and O–H groups in total. The van der Waals surface area contributed by atoms with Crippen LogP contribution in [0.2, 0.25) is 0 Å². The molecule has 20 heavy (non-hydrogen) atoms. The van der Waals surface area contributed by atoms with Crippen molar-refractivity contribution in [1.29, 1.82) is 0 Å². The Morgan fingerprint density at radius 3 is 2.25 bits per heavy atom. The van der Waals surface area contributed by atoms with Crippen LogP contribution in [-0.4, -0.2) is 15.7 Å². The van der Waals surface area contributed by atoms with E-state index in [4.69, 9.17) is 0 Å². The van der Waals surface area contributed by atoms with Crippen LogP contribution in [0.4, 0.5) is 0 Å². The topological polar surface area (TPSA) is 34.9 Å². The highest BCUT2D eigenvalue weighted by atomic mass is 32.1. The minimum absolute atomic E-state index is 0.0413. The van der Waals surface area contributed by atoms with Crippen LogP contribution >= 0.6 is 11.3 Å². The van der Waals surface area contributed by atoms with E-state index in [2.05, 4.69) is 52.7 Å². The summed E-state index contributed by atoms with van der Waals surface area (Å²) in [6.45, 7) is 12.7. The fraction of sp³-hybridized carbons (Fsp3) is 0.500. The lowest BCUT2D eigenvalue weighted by molar-refractivity contribution is 0.0940. The molecule has 0 fully saturated rings. The quantitative estimate of drug-likeness (QED) is 0.788. The lowest BCUT2D eigenvalue weighted by atomic mass is 9.88. The van der Waals surface area contributed by atoms with Crippen LogP contribution in [0.15, 0.2) is 23.6 Å². The van der Waals surface area contributed by atoms with Gasteiger partial charge in [0.15, 0.2) is 0 Å². The molecule has 0 saturated heterocycles. The maximum atomic E-state index is 12.6. The molecule has 3 nitrogen and oxygen atoms in total. The van der Waals surface area contributed by atoms with Crippen molar-refractivity contribution in [3.05, 3.63) is 39.8 Å². The van der Waals surface area contributed by atoms with Gasteiger partial charge in [0, 0.05) is 10.8 Å². The average Bonchev–Trinajstić information content (AvgIpc) is 2.96. The number of rotatable bonds is 1. The Balaban J connectivity index is 2.57. The van der Waals surface area contributed by atoms with E-state index in [1.54, 1.807) is 4.68 Å². The number of thiophene rings is 1. The number of carbonyl (C=O) groups excluding carboxylic acids is 1. The molecule has 0 atom stereocenters. The number of hydrogen-bond donors (Lipinski definition) is 0. The maximum Gasteiger partial charge on any atom is 0.288 e. The molecule has 0 aromatic carbocycles. The molecule has 0 radical (unpaired) electrons. The van der Waals surface area contributed by atoms with Crippen molar-refractivity contribution in [2.24, 2.45) is 0 Å². The molecule has 0 aliphatic carbocycles. The molecule has 4 heteroatoms. The lowest BCUT2D eigenvalue weighted by Gasteiger charge is -2.19. The van der Waals surface area contributed by atoms with E-state index in [0.717, 1.165) is 16.3 Å². The summed E-state index contributed by atoms with van der Waals surface area (Å²) in [7, 11) is 0. The van der Waals surface area contributed by atoms with Crippen molar-refractivity contribution in [3.8, 4) is 0 Å². The maximum absolute atomic E-state index is 12.6. The van der Waals surface area contributed by atoms with E-state index < -0.39 is 0 Å². The van der Waals surface area contributed by atoms with E-state index >= 15 is 0 Å². The van der Waals surface area contributed by atoms with Gasteiger partial charge in [-0.25, -0.2) is 0 Å². The fourth-order valence-electron chi connectivity index (χ4n) is 1.94. The van der Waals surface area contributed by atoms with Gasteiger partial charge < -0.3 is 0 Å². The van der Waals surface area contributed by atoms with Crippen molar-refractivity contribution in [3.63, 3.8) is 0 Å². The average molecular weight is 290 g/mol. The first kappa shape index (κ1) is 15.0. The summed E-state index contributed by atoms with van der Waals surface area (Å²) in [5.74, 6) is -0.0413. The van der Waals surface area contributed by atoms with Crippen LogP contribution < -0.4 is 0 Å². The highest BCUT2D eigenvalue weighted by Crippen LogP contribution is 2.29. The Morgan fingerprint density at radius 1 is 1.15 bits per heavy atom. The lowest BCUT2D eigenvalue weighted by Crippen LogP contribution is -2.23. The van der Waals surface area contributed by atoms with Gasteiger partial charge in [0.1, 0.15) is 0 Å². The molecular formula is C16H22N2OS. The fourth-order valence-corrected chi connectivity index (χ4v) is 2.59. The Labute approximate surface area is 124 Å². The number of hydrogen-bond acceptors (Lipinski definition) is 3. The molecule has 0 amide bonds. The van der Waals surface area contributed by atoms with Gasteiger partial charge in [-0.1, -0.05) is 47.6 Å². The molecule has 2 heterocycles. The summed E-state index contributed by atoms with van der Waals surface area (Å²) in [6.07, 6.45) is 0. The molecule has 0 spiro atoms. The van der Waals surface area contributed by atoms with Gasteiger partial charge >= 0.3 is 0 Å². The van der Waals surface area contributed by atoms with E-state index in [9.17, 15) is 4.79 Å². The number of aromatic nitrogens is 2. The Kier molecular flexibility index (Phi) is 3.63. The highest BCUT2D eigenvalue weighted by molar-refractivity contribution is 7.12. The van der Waals surface area contributed by atoms with Gasteiger partial charge in [-0.15, -0.1) is 11.3 Å². The zero-order chi connectivity index (χ0) is 15.1. The van der Waals surface area contributed by atoms with Crippen molar-refractivity contribution in [1.82, 2.24) is 9.78 Å². The third kappa shape index (κ3) is 2.85. The predicted octanol–water partition coefficient (Wildman–Crippen LogP) is 4.23. The van der Waals surface area contributed by atoms with Crippen LogP contribution in [0, 0.1) is 0 Å². The summed E-state index contributed by atoms with van der Waals surface area (Å²) in [6, 6.07) is 5.80. The Morgan fingerprint density at radius 2 is 1.80 bits per heavy atom. The number of carbonyl (C=O) groups is 1. The summed E-state index contributed by atoms with van der Waals surface area (Å²) in [5.41, 5.74) is 1.72. The second-order valence-corrected chi connectivity index (χ2v) is 8.06. The van der Waals surface area contributed by atoms with Crippen molar-refractivity contribution >= 4 is 17.2 Å². The van der Waals surface area contributed by atoms with Gasteiger partial charge in [-0.3, -0.25) is 4.79 Å². The predicted molar refractivity (Wildman–Crippen MR) is 83.7 cm³/mol. The van der Waals surface area contributed by atoms with Gasteiger partial charge in [-0.05, 0) is 17.5 Å². The van der Waals surface area contributed by atoms with E-state index in [-0.39, 0.29) is 16.7 Å². The molecular weight excluding hydrogens is 268 g/mol. The van der Waals surface area contributed by atoms with Crippen molar-refractivity contribution in [2.75, 3.05) is 0 Å². The zero-order valence-corrected chi connectivity index (χ0v) is 13.8. The van der Waals surface area contributed by atoms with E-state index in [1.165, 1.54) is 11.3 Å². The minimum Gasteiger partial charge on any atom is -0.266 e. The highest BCUT2D eigenvalue weighted by Gasteiger charge is 2.28. The molecule has 0 unspecified atom stereocenters. The third-order valence-corrected chi connectivity index (χ3v) is 4.03. The van der Waals surface area contributed by atoms with Gasteiger partial charge in [0.25, 0.3) is 5.91 Å². The van der Waals surface area contributed by atoms with Gasteiger partial charge in [0.05, 0.1) is 16.3 Å². The summed E-state index contributed by atoms with van der Waals surface area (Å²) < 4.78 is 1.58. The molecule has 0 bridgehead atoms. The third-order valence-electron chi connectivity index (χ3n) is 3.17. The summed E-state index contributed by atoms with van der Waals surface area (Å²) >= 11 is 1.45. The Bertz CT molecular complexity index is 610. The standard InChI is InChI=1S/C16H22N2OS/c1-15(2,3)12-10-13(16(4,5)6)18(17-12)14(19)11-8-7-9-20-11/h7-10H,1-6H3. The van der Waals surface area contributed by atoms with Crippen molar-refractivity contribution in [2.45, 2.75) is 52.4 Å². The summed E-state index contributed by atoms with van der Waals surface area (Å²) in [5, 5.41) is 6.49. The smallest absolute Gasteiger partial charge is 0.266 e. The molecule has 0 saturated carbocycles. The Hall–Kier alpha value is -1.42. The number of nitrogens with zero attached hydrogens (tertiary/aromatic N) is 2. The monoisotopic (exact) mass is 290 g/mol.